The Labute approximate surface area is 248 Å². The second-order valence-corrected chi connectivity index (χ2v) is 12.4. The largest absolute Gasteiger partial charge is 0.443 e. The average molecular weight is 573 g/mol. The molecule has 0 saturated carbocycles. The van der Waals surface area contributed by atoms with E-state index in [4.69, 9.17) is 9.47 Å². The van der Waals surface area contributed by atoms with Crippen molar-refractivity contribution in [2.45, 2.75) is 69.1 Å². The molecule has 41 heavy (non-hydrogen) atoms. The molecule has 216 valence electrons. The summed E-state index contributed by atoms with van der Waals surface area (Å²) >= 11 is 1.56. The summed E-state index contributed by atoms with van der Waals surface area (Å²) in [5.74, 6) is -0.406. The summed E-state index contributed by atoms with van der Waals surface area (Å²) in [5, 5.41) is 0. The Kier molecular flexibility index (Phi) is 9.42. The van der Waals surface area contributed by atoms with E-state index in [-0.39, 0.29) is 0 Å². The number of hydrogen-bond donors (Lipinski definition) is 1. The third-order valence-electron chi connectivity index (χ3n) is 7.61. The molecule has 0 unspecified atom stereocenters. The van der Waals surface area contributed by atoms with Gasteiger partial charge in [-0.25, -0.2) is 9.69 Å². The van der Waals surface area contributed by atoms with Gasteiger partial charge in [-0.2, -0.15) is 0 Å². The molecule has 1 aliphatic rings. The maximum atomic E-state index is 13.3. The van der Waals surface area contributed by atoms with Gasteiger partial charge in [0.05, 0.1) is 17.7 Å². The number of amides is 2. The van der Waals surface area contributed by atoms with Gasteiger partial charge in [0.1, 0.15) is 10.3 Å². The fraction of sp³-hybridized carbons (Fsp3) is 0.353. The number of nitrogens with one attached hydrogen (secondary N) is 1. The first-order chi connectivity index (χ1) is 19.6. The summed E-state index contributed by atoms with van der Waals surface area (Å²) in [7, 11) is 1.67. The van der Waals surface area contributed by atoms with Crippen LogP contribution in [0, 0.1) is 0 Å². The molecule has 3 aromatic rings. The van der Waals surface area contributed by atoms with E-state index in [2.05, 4.69) is 41.1 Å². The molecule has 0 bridgehead atoms. The van der Waals surface area contributed by atoms with Crippen LogP contribution in [0.25, 0.3) is 0 Å². The highest BCUT2D eigenvalue weighted by molar-refractivity contribution is 7.98. The van der Waals surface area contributed by atoms with Crippen LogP contribution >= 0.6 is 11.9 Å². The summed E-state index contributed by atoms with van der Waals surface area (Å²) in [4.78, 5) is 27.6. The molecule has 1 N–H and O–H groups in total. The van der Waals surface area contributed by atoms with Crippen LogP contribution in [0.4, 0.5) is 4.79 Å². The van der Waals surface area contributed by atoms with Crippen molar-refractivity contribution in [3.63, 3.8) is 0 Å². The van der Waals surface area contributed by atoms with Gasteiger partial charge >= 0.3 is 6.09 Å². The van der Waals surface area contributed by atoms with E-state index in [1.807, 2.05) is 68.4 Å². The summed E-state index contributed by atoms with van der Waals surface area (Å²) in [6.07, 6.45) is 3.17. The van der Waals surface area contributed by atoms with Gasteiger partial charge in [-0.3, -0.25) is 9.52 Å². The molecule has 0 aromatic heterocycles. The Balaban J connectivity index is 1.84. The first kappa shape index (κ1) is 30.6. The van der Waals surface area contributed by atoms with E-state index in [1.165, 1.54) is 11.0 Å². The molecule has 3 atom stereocenters. The number of hydrogen-bond acceptors (Lipinski definition) is 6. The Morgan fingerprint density at radius 3 is 1.73 bits per heavy atom. The van der Waals surface area contributed by atoms with Crippen molar-refractivity contribution in [2.75, 3.05) is 7.11 Å². The van der Waals surface area contributed by atoms with E-state index >= 15 is 0 Å². The second-order valence-electron chi connectivity index (χ2n) is 11.4. The zero-order valence-corrected chi connectivity index (χ0v) is 25.5. The van der Waals surface area contributed by atoms with Gasteiger partial charge in [-0.15, -0.1) is 0 Å². The second kappa shape index (κ2) is 12.6. The highest BCUT2D eigenvalue weighted by Crippen LogP contribution is 2.48. The van der Waals surface area contributed by atoms with E-state index in [0.29, 0.717) is 6.42 Å². The third kappa shape index (κ3) is 6.43. The maximum Gasteiger partial charge on any atom is 0.417 e. The SMILES string of the molecule is CC[C@](C)(OC)[C@H](NSC(c1ccccc1)(c1ccccc1)c1ccccc1)[C@H]1C=CC(=O)N1C(=O)OC(C)(C)C. The lowest BCUT2D eigenvalue weighted by atomic mass is 9.84. The van der Waals surface area contributed by atoms with Crippen LogP contribution < -0.4 is 4.72 Å². The van der Waals surface area contributed by atoms with Crippen molar-refractivity contribution in [3.05, 3.63) is 120 Å². The minimum absolute atomic E-state index is 0.406. The normalized spacial score (nSPS) is 17.8. The Morgan fingerprint density at radius 1 is 0.878 bits per heavy atom. The van der Waals surface area contributed by atoms with Gasteiger partial charge in [0.15, 0.2) is 0 Å². The lowest BCUT2D eigenvalue weighted by molar-refractivity contribution is -0.127. The van der Waals surface area contributed by atoms with Crippen LogP contribution in [0.15, 0.2) is 103 Å². The van der Waals surface area contributed by atoms with Gasteiger partial charge in [-0.1, -0.05) is 116 Å². The maximum absolute atomic E-state index is 13.3. The van der Waals surface area contributed by atoms with Crippen LogP contribution in [-0.4, -0.2) is 47.3 Å². The van der Waals surface area contributed by atoms with Crippen molar-refractivity contribution in [3.8, 4) is 0 Å². The van der Waals surface area contributed by atoms with Crippen LogP contribution in [0.3, 0.4) is 0 Å². The minimum Gasteiger partial charge on any atom is -0.443 e. The van der Waals surface area contributed by atoms with Gasteiger partial charge in [0.2, 0.25) is 0 Å². The Morgan fingerprint density at radius 2 is 1.34 bits per heavy atom. The standard InChI is InChI=1S/C34H40N2O4S/c1-7-33(5,39-6)30(28-23-24-29(37)36(28)31(38)40-32(2,3)4)35-41-34(25-17-11-8-12-18-25,26-19-13-9-14-20-26)27-21-15-10-16-22-27/h8-24,28,30,35H,7H2,1-6H3/t28-,30-,33+/m1/s1. The monoisotopic (exact) mass is 572 g/mol. The number of carbonyl (C=O) groups excluding carboxylic acids is 2. The lowest BCUT2D eigenvalue weighted by Gasteiger charge is -2.44. The zero-order valence-electron chi connectivity index (χ0n) is 24.7. The number of nitrogens with zero attached hydrogens (tertiary/aromatic N) is 1. The zero-order chi connectivity index (χ0) is 29.7. The van der Waals surface area contributed by atoms with Crippen molar-refractivity contribution in [1.29, 1.82) is 0 Å². The molecule has 0 radical (unpaired) electrons. The predicted molar refractivity (Wildman–Crippen MR) is 165 cm³/mol. The molecule has 3 aromatic carbocycles. The number of rotatable bonds is 10. The van der Waals surface area contributed by atoms with E-state index in [1.54, 1.807) is 45.9 Å². The molecule has 7 heteroatoms. The van der Waals surface area contributed by atoms with Crippen molar-refractivity contribution < 1.29 is 19.1 Å². The molecule has 2 amide bonds. The Hall–Kier alpha value is -3.39. The first-order valence-corrected chi connectivity index (χ1v) is 14.8. The molecule has 6 nitrogen and oxygen atoms in total. The van der Waals surface area contributed by atoms with Gasteiger partial charge in [0.25, 0.3) is 5.91 Å². The Bertz CT molecular complexity index is 1240. The molecule has 0 fully saturated rings. The van der Waals surface area contributed by atoms with Crippen LogP contribution in [0.2, 0.25) is 0 Å². The fourth-order valence-corrected chi connectivity index (χ4v) is 6.63. The highest BCUT2D eigenvalue weighted by Gasteiger charge is 2.48. The number of methoxy groups -OCH3 is 1. The highest BCUT2D eigenvalue weighted by atomic mass is 32.2. The first-order valence-electron chi connectivity index (χ1n) is 14.0. The molecule has 4 rings (SSSR count). The van der Waals surface area contributed by atoms with Crippen molar-refractivity contribution >= 4 is 23.9 Å². The van der Waals surface area contributed by atoms with Crippen molar-refractivity contribution in [1.82, 2.24) is 9.62 Å². The van der Waals surface area contributed by atoms with Crippen LogP contribution in [0.1, 0.15) is 57.7 Å². The summed E-state index contributed by atoms with van der Waals surface area (Å²) in [5.41, 5.74) is 1.78. The van der Waals surface area contributed by atoms with E-state index in [0.717, 1.165) is 16.7 Å². The molecule has 0 saturated heterocycles. The average Bonchev–Trinajstić information content (AvgIpc) is 3.36. The number of ether oxygens (including phenoxy) is 2. The summed E-state index contributed by atoms with van der Waals surface area (Å²) in [6.45, 7) is 9.42. The summed E-state index contributed by atoms with van der Waals surface area (Å²) < 4.78 is 14.9. The number of benzene rings is 3. The fourth-order valence-electron chi connectivity index (χ4n) is 5.17. The summed E-state index contributed by atoms with van der Waals surface area (Å²) in [6, 6.07) is 30.0. The van der Waals surface area contributed by atoms with Crippen LogP contribution in [-0.2, 0) is 19.0 Å². The molecule has 1 heterocycles. The molecule has 0 aliphatic carbocycles. The van der Waals surface area contributed by atoms with Crippen molar-refractivity contribution in [2.24, 2.45) is 0 Å². The molecule has 1 aliphatic heterocycles. The minimum atomic E-state index is -0.749. The number of carbonyl (C=O) groups is 2. The predicted octanol–water partition coefficient (Wildman–Crippen LogP) is 7.10. The van der Waals surface area contributed by atoms with Gasteiger partial charge in [0, 0.05) is 13.2 Å². The van der Waals surface area contributed by atoms with Crippen LogP contribution in [0.5, 0.6) is 0 Å². The molecule has 0 spiro atoms. The molecular weight excluding hydrogens is 532 g/mol. The molecular formula is C34H40N2O4S. The van der Waals surface area contributed by atoms with Gasteiger partial charge in [-0.05, 0) is 50.8 Å². The van der Waals surface area contributed by atoms with E-state index in [9.17, 15) is 9.59 Å². The third-order valence-corrected chi connectivity index (χ3v) is 8.99. The topological polar surface area (TPSA) is 67.9 Å². The lowest BCUT2D eigenvalue weighted by Crippen LogP contribution is -2.60. The quantitative estimate of drug-likeness (QED) is 0.206. The number of imide groups is 1. The van der Waals surface area contributed by atoms with E-state index < -0.39 is 40.0 Å². The smallest absolute Gasteiger partial charge is 0.417 e. The van der Waals surface area contributed by atoms with Gasteiger partial charge < -0.3 is 9.47 Å².